The fourth-order valence-electron chi connectivity index (χ4n) is 3.14. The molecule has 1 heterocycles. The summed E-state index contributed by atoms with van der Waals surface area (Å²) in [7, 11) is 0. The maximum atomic E-state index is 12.9. The molecule has 5 nitrogen and oxygen atoms in total. The number of esters is 2. The third-order valence-electron chi connectivity index (χ3n) is 4.91. The van der Waals surface area contributed by atoms with Crippen molar-refractivity contribution in [3.8, 4) is 11.1 Å². The highest BCUT2D eigenvalue weighted by Gasteiger charge is 2.22. The molecule has 0 unspecified atom stereocenters. The van der Waals surface area contributed by atoms with E-state index < -0.39 is 18.0 Å². The minimum atomic E-state index is -0.816. The highest BCUT2D eigenvalue weighted by Crippen LogP contribution is 2.31. The Bertz CT molecular complexity index is 1070. The normalized spacial score (nSPS) is 11.7. The van der Waals surface area contributed by atoms with Crippen LogP contribution in [-0.2, 0) is 15.3 Å². The number of benzene rings is 2. The number of carbonyl (C=O) groups excluding carboxylic acids is 2. The van der Waals surface area contributed by atoms with Crippen LogP contribution in [-0.4, -0.2) is 35.0 Å². The number of nitrogens with zero attached hydrogens (tertiary/aromatic N) is 1. The monoisotopic (exact) mass is 466 g/mol. The van der Waals surface area contributed by atoms with Crippen molar-refractivity contribution >= 4 is 35.5 Å². The third-order valence-corrected chi connectivity index (χ3v) is 6.60. The zero-order chi connectivity index (χ0) is 22.9. The SMILES string of the molecule is CSCC[C@H](N)C(=O)OC(=O)c1ccc(CSc2cccnc2)cc1-c1ccccc1C. The fraction of sp³-hybridized carbons (Fsp3) is 0.240. The number of hydrogen-bond acceptors (Lipinski definition) is 7. The molecule has 0 aliphatic rings. The van der Waals surface area contributed by atoms with Crippen LogP contribution in [0.3, 0.4) is 0 Å². The highest BCUT2D eigenvalue weighted by atomic mass is 32.2. The number of aromatic nitrogens is 1. The number of rotatable bonds is 9. The molecule has 166 valence electrons. The first-order chi connectivity index (χ1) is 15.5. The number of nitrogens with two attached hydrogens (primary N) is 1. The zero-order valence-corrected chi connectivity index (χ0v) is 19.7. The molecule has 0 aliphatic heterocycles. The van der Waals surface area contributed by atoms with E-state index in [0.29, 0.717) is 12.0 Å². The maximum absolute atomic E-state index is 12.9. The Morgan fingerprint density at radius 1 is 1.09 bits per heavy atom. The molecule has 32 heavy (non-hydrogen) atoms. The molecule has 1 aromatic heterocycles. The fourth-order valence-corrected chi connectivity index (χ4v) is 4.45. The van der Waals surface area contributed by atoms with Crippen molar-refractivity contribution < 1.29 is 14.3 Å². The molecule has 3 aromatic rings. The Labute approximate surface area is 197 Å². The van der Waals surface area contributed by atoms with Gasteiger partial charge >= 0.3 is 11.9 Å². The van der Waals surface area contributed by atoms with E-state index in [2.05, 4.69) is 4.98 Å². The van der Waals surface area contributed by atoms with E-state index in [0.717, 1.165) is 38.7 Å². The quantitative estimate of drug-likeness (QED) is 0.266. The topological polar surface area (TPSA) is 82.3 Å². The van der Waals surface area contributed by atoms with E-state index in [1.165, 1.54) is 0 Å². The molecule has 0 saturated heterocycles. The minimum absolute atomic E-state index is 0.347. The van der Waals surface area contributed by atoms with Gasteiger partial charge in [-0.3, -0.25) is 4.98 Å². The van der Waals surface area contributed by atoms with E-state index >= 15 is 0 Å². The Hall–Kier alpha value is -2.61. The molecule has 0 aliphatic carbocycles. The van der Waals surface area contributed by atoms with Crippen molar-refractivity contribution in [2.45, 2.75) is 30.0 Å². The number of thioether (sulfide) groups is 2. The molecule has 1 atom stereocenters. The molecule has 0 amide bonds. The molecule has 0 fully saturated rings. The molecule has 3 rings (SSSR count). The van der Waals surface area contributed by atoms with Crippen molar-refractivity contribution in [2.75, 3.05) is 12.0 Å². The highest BCUT2D eigenvalue weighted by molar-refractivity contribution is 7.98. The molecule has 0 radical (unpaired) electrons. The molecular formula is C25H26N2O3S2. The summed E-state index contributed by atoms with van der Waals surface area (Å²) in [6.45, 7) is 1.99. The van der Waals surface area contributed by atoms with Gasteiger partial charge in [-0.25, -0.2) is 9.59 Å². The van der Waals surface area contributed by atoms with Gasteiger partial charge in [0.05, 0.1) is 5.56 Å². The summed E-state index contributed by atoms with van der Waals surface area (Å²) in [5, 5.41) is 0. The predicted octanol–water partition coefficient (Wildman–Crippen LogP) is 5.11. The zero-order valence-electron chi connectivity index (χ0n) is 18.1. The van der Waals surface area contributed by atoms with Gasteiger partial charge in [0, 0.05) is 23.0 Å². The molecule has 0 bridgehead atoms. The summed E-state index contributed by atoms with van der Waals surface area (Å²) in [6, 6.07) is 16.5. The van der Waals surface area contributed by atoms with Gasteiger partial charge < -0.3 is 10.5 Å². The number of carbonyl (C=O) groups is 2. The Morgan fingerprint density at radius 2 is 1.91 bits per heavy atom. The largest absolute Gasteiger partial charge is 0.388 e. The first-order valence-corrected chi connectivity index (χ1v) is 12.6. The standard InChI is InChI=1S/C25H26N2O3S2/c1-17-6-3-4-8-20(17)22-14-18(16-32-19-7-5-12-27-15-19)9-10-21(22)24(28)30-25(29)23(26)11-13-31-2/h3-10,12,14-15,23H,11,13,16,26H2,1-2H3/t23-/m0/s1. The van der Waals surface area contributed by atoms with Gasteiger partial charge in [0.1, 0.15) is 6.04 Å². The Kier molecular flexibility index (Phi) is 8.90. The summed E-state index contributed by atoms with van der Waals surface area (Å²) >= 11 is 3.26. The lowest BCUT2D eigenvalue weighted by Gasteiger charge is -2.15. The summed E-state index contributed by atoms with van der Waals surface area (Å²) < 4.78 is 5.14. The first-order valence-electron chi connectivity index (χ1n) is 10.2. The van der Waals surface area contributed by atoms with Crippen LogP contribution in [0, 0.1) is 6.92 Å². The number of pyridine rings is 1. The second-order valence-corrected chi connectivity index (χ2v) is 9.30. The van der Waals surface area contributed by atoms with Gasteiger partial charge in [0.15, 0.2) is 0 Å². The predicted molar refractivity (Wildman–Crippen MR) is 132 cm³/mol. The van der Waals surface area contributed by atoms with E-state index in [9.17, 15) is 9.59 Å². The van der Waals surface area contributed by atoms with Gasteiger partial charge in [-0.15, -0.1) is 11.8 Å². The van der Waals surface area contributed by atoms with Crippen LogP contribution in [0.15, 0.2) is 71.9 Å². The van der Waals surface area contributed by atoms with Crippen molar-refractivity contribution in [1.82, 2.24) is 4.98 Å². The second kappa shape index (κ2) is 11.9. The summed E-state index contributed by atoms with van der Waals surface area (Å²) in [5.41, 5.74) is 9.96. The van der Waals surface area contributed by atoms with Gasteiger partial charge in [0.25, 0.3) is 0 Å². The lowest BCUT2D eigenvalue weighted by atomic mass is 9.94. The smallest absolute Gasteiger partial charge is 0.346 e. The van der Waals surface area contributed by atoms with Crippen LogP contribution >= 0.6 is 23.5 Å². The van der Waals surface area contributed by atoms with Gasteiger partial charge in [0.2, 0.25) is 0 Å². The minimum Gasteiger partial charge on any atom is -0.388 e. The molecule has 0 spiro atoms. The van der Waals surface area contributed by atoms with Crippen molar-refractivity contribution in [3.05, 3.63) is 83.7 Å². The average Bonchev–Trinajstić information content (AvgIpc) is 2.82. The lowest BCUT2D eigenvalue weighted by molar-refractivity contribution is -0.139. The van der Waals surface area contributed by atoms with E-state index in [4.69, 9.17) is 10.5 Å². The van der Waals surface area contributed by atoms with Crippen molar-refractivity contribution in [1.29, 1.82) is 0 Å². The van der Waals surface area contributed by atoms with Crippen LogP contribution in [0.4, 0.5) is 0 Å². The lowest BCUT2D eigenvalue weighted by Crippen LogP contribution is -2.34. The van der Waals surface area contributed by atoms with Crippen LogP contribution in [0.5, 0.6) is 0 Å². The third kappa shape index (κ3) is 6.45. The summed E-state index contributed by atoms with van der Waals surface area (Å²) in [4.78, 5) is 30.4. The van der Waals surface area contributed by atoms with Crippen LogP contribution in [0.25, 0.3) is 11.1 Å². The van der Waals surface area contributed by atoms with Crippen LogP contribution < -0.4 is 5.73 Å². The van der Waals surface area contributed by atoms with Crippen molar-refractivity contribution in [2.24, 2.45) is 5.73 Å². The number of aryl methyl sites for hydroxylation is 1. The number of hydrogen-bond donors (Lipinski definition) is 1. The molecule has 7 heteroatoms. The summed E-state index contributed by atoms with van der Waals surface area (Å²) in [6.07, 6.45) is 5.97. The molecule has 0 saturated carbocycles. The first kappa shape index (κ1) is 24.0. The Morgan fingerprint density at radius 3 is 2.62 bits per heavy atom. The molecule has 2 aromatic carbocycles. The van der Waals surface area contributed by atoms with E-state index in [-0.39, 0.29) is 0 Å². The van der Waals surface area contributed by atoms with Gasteiger partial charge in [-0.2, -0.15) is 11.8 Å². The second-order valence-electron chi connectivity index (χ2n) is 7.27. The van der Waals surface area contributed by atoms with Gasteiger partial charge in [-0.1, -0.05) is 30.3 Å². The Balaban J connectivity index is 1.87. The van der Waals surface area contributed by atoms with Crippen molar-refractivity contribution in [3.63, 3.8) is 0 Å². The van der Waals surface area contributed by atoms with Crippen LogP contribution in [0.1, 0.15) is 27.9 Å². The number of ether oxygens (including phenoxy) is 1. The molecule has 2 N–H and O–H groups in total. The summed E-state index contributed by atoms with van der Waals surface area (Å²) in [5.74, 6) is 0.0657. The van der Waals surface area contributed by atoms with E-state index in [1.807, 2.05) is 67.9 Å². The van der Waals surface area contributed by atoms with E-state index in [1.54, 1.807) is 35.8 Å². The van der Waals surface area contributed by atoms with Gasteiger partial charge in [-0.05, 0) is 71.9 Å². The molecular weight excluding hydrogens is 440 g/mol. The maximum Gasteiger partial charge on any atom is 0.346 e. The van der Waals surface area contributed by atoms with Crippen LogP contribution in [0.2, 0.25) is 0 Å². The average molecular weight is 467 g/mol.